The van der Waals surface area contributed by atoms with Crippen molar-refractivity contribution in [2.45, 2.75) is 29.9 Å². The summed E-state index contributed by atoms with van der Waals surface area (Å²) in [5.74, 6) is 0.385. The van der Waals surface area contributed by atoms with Gasteiger partial charge in [0.1, 0.15) is 10.6 Å². The molecule has 10 heteroatoms. The van der Waals surface area contributed by atoms with Crippen molar-refractivity contribution in [1.29, 1.82) is 0 Å². The number of aromatic amines is 1. The van der Waals surface area contributed by atoms with E-state index >= 15 is 0 Å². The van der Waals surface area contributed by atoms with Crippen LogP contribution in [0.15, 0.2) is 28.7 Å². The zero-order valence-corrected chi connectivity index (χ0v) is 15.3. The van der Waals surface area contributed by atoms with Crippen molar-refractivity contribution in [3.63, 3.8) is 0 Å². The maximum atomic E-state index is 13.1. The van der Waals surface area contributed by atoms with Gasteiger partial charge in [0.05, 0.1) is 12.1 Å². The van der Waals surface area contributed by atoms with Crippen LogP contribution in [-0.4, -0.2) is 52.4 Å². The SMILES string of the molecule is O=C(Nc1nccs1)c1cc(S(=O)(=O)N2C[C@@H]3C[C@H]4C[C@H]3[C@@H]2[C@@H]4O)c[nH]1. The molecule has 8 nitrogen and oxygen atoms in total. The molecule has 2 bridgehead atoms. The molecule has 3 aliphatic rings. The number of hydrogen-bond acceptors (Lipinski definition) is 6. The molecule has 5 rings (SSSR count). The van der Waals surface area contributed by atoms with Gasteiger partial charge in [-0.3, -0.25) is 10.1 Å². The van der Waals surface area contributed by atoms with Gasteiger partial charge in [-0.25, -0.2) is 13.4 Å². The van der Waals surface area contributed by atoms with Crippen LogP contribution in [0.5, 0.6) is 0 Å². The topological polar surface area (TPSA) is 115 Å². The van der Waals surface area contributed by atoms with Gasteiger partial charge >= 0.3 is 0 Å². The number of sulfonamides is 1. The molecular weight excluding hydrogens is 376 g/mol. The van der Waals surface area contributed by atoms with Gasteiger partial charge < -0.3 is 10.1 Å². The predicted octanol–water partition coefficient (Wildman–Crippen LogP) is 1.11. The van der Waals surface area contributed by atoms with Crippen molar-refractivity contribution in [3.05, 3.63) is 29.5 Å². The number of carbonyl (C=O) groups excluding carboxylic acids is 1. The van der Waals surface area contributed by atoms with Crippen LogP contribution in [-0.2, 0) is 10.0 Å². The summed E-state index contributed by atoms with van der Waals surface area (Å²) in [7, 11) is -3.76. The molecule has 3 N–H and O–H groups in total. The highest BCUT2D eigenvalue weighted by Crippen LogP contribution is 2.56. The molecule has 3 fully saturated rings. The van der Waals surface area contributed by atoms with Crippen molar-refractivity contribution < 1.29 is 18.3 Å². The third-order valence-corrected chi connectivity index (χ3v) is 8.49. The Morgan fingerprint density at radius 3 is 2.96 bits per heavy atom. The van der Waals surface area contributed by atoms with Crippen molar-refractivity contribution in [2.24, 2.45) is 17.8 Å². The molecule has 26 heavy (non-hydrogen) atoms. The van der Waals surface area contributed by atoms with Crippen LogP contribution < -0.4 is 5.32 Å². The molecule has 5 atom stereocenters. The van der Waals surface area contributed by atoms with Crippen LogP contribution >= 0.6 is 11.3 Å². The molecule has 1 amide bonds. The molecule has 2 aliphatic carbocycles. The molecule has 2 saturated carbocycles. The highest BCUT2D eigenvalue weighted by Gasteiger charge is 2.61. The first kappa shape index (κ1) is 16.4. The highest BCUT2D eigenvalue weighted by atomic mass is 32.2. The Bertz CT molecular complexity index is 953. The van der Waals surface area contributed by atoms with Gasteiger partial charge in [-0.1, -0.05) is 0 Å². The second kappa shape index (κ2) is 5.62. The fourth-order valence-corrected chi connectivity index (χ4v) is 7.13. The smallest absolute Gasteiger partial charge is 0.273 e. The first-order valence-corrected chi connectivity index (χ1v) is 10.9. The number of aliphatic hydroxyl groups is 1. The van der Waals surface area contributed by atoms with Gasteiger partial charge in [-0.15, -0.1) is 11.3 Å². The summed E-state index contributed by atoms with van der Waals surface area (Å²) in [6.45, 7) is 0.455. The number of H-pyrrole nitrogens is 1. The predicted molar refractivity (Wildman–Crippen MR) is 94.3 cm³/mol. The van der Waals surface area contributed by atoms with Gasteiger partial charge in [0.2, 0.25) is 10.0 Å². The minimum atomic E-state index is -3.76. The van der Waals surface area contributed by atoms with Gasteiger partial charge in [0.15, 0.2) is 5.13 Å². The monoisotopic (exact) mass is 394 g/mol. The van der Waals surface area contributed by atoms with Gasteiger partial charge in [-0.05, 0) is 36.7 Å². The minimum absolute atomic E-state index is 0.0544. The van der Waals surface area contributed by atoms with E-state index in [1.165, 1.54) is 27.9 Å². The van der Waals surface area contributed by atoms with Crippen molar-refractivity contribution in [1.82, 2.24) is 14.3 Å². The lowest BCUT2D eigenvalue weighted by Gasteiger charge is -2.28. The largest absolute Gasteiger partial charge is 0.391 e. The maximum absolute atomic E-state index is 13.1. The lowest BCUT2D eigenvalue weighted by Crippen LogP contribution is -2.43. The number of rotatable bonds is 4. The summed E-state index contributed by atoms with van der Waals surface area (Å²) in [5.41, 5.74) is 0.158. The third-order valence-electron chi connectivity index (χ3n) is 5.96. The number of aromatic nitrogens is 2. The molecule has 0 aromatic carbocycles. The van der Waals surface area contributed by atoms with Gasteiger partial charge in [-0.2, -0.15) is 4.31 Å². The molecule has 1 saturated heterocycles. The summed E-state index contributed by atoms with van der Waals surface area (Å²) in [6.07, 6.45) is 4.15. The lowest BCUT2D eigenvalue weighted by atomic mass is 9.88. The summed E-state index contributed by atoms with van der Waals surface area (Å²) in [5, 5.41) is 15.2. The van der Waals surface area contributed by atoms with Crippen molar-refractivity contribution in [3.8, 4) is 0 Å². The average molecular weight is 394 g/mol. The molecule has 0 spiro atoms. The number of aliphatic hydroxyl groups excluding tert-OH is 1. The normalized spacial score (nSPS) is 33.0. The third kappa shape index (κ3) is 2.29. The summed E-state index contributed by atoms with van der Waals surface area (Å²) in [6, 6.07) is 1.02. The fraction of sp³-hybridized carbons (Fsp3) is 0.500. The number of anilines is 1. The number of nitrogens with one attached hydrogen (secondary N) is 2. The Morgan fingerprint density at radius 2 is 2.23 bits per heavy atom. The zero-order valence-electron chi connectivity index (χ0n) is 13.7. The van der Waals surface area contributed by atoms with E-state index in [-0.39, 0.29) is 28.5 Å². The number of amides is 1. The van der Waals surface area contributed by atoms with Gasteiger partial charge in [0.25, 0.3) is 5.91 Å². The van der Waals surface area contributed by atoms with E-state index in [9.17, 15) is 18.3 Å². The van der Waals surface area contributed by atoms with E-state index in [1.54, 1.807) is 11.6 Å². The van der Waals surface area contributed by atoms with Crippen LogP contribution in [0.25, 0.3) is 0 Å². The van der Waals surface area contributed by atoms with E-state index < -0.39 is 22.0 Å². The summed E-state index contributed by atoms with van der Waals surface area (Å²) in [4.78, 5) is 19.0. The van der Waals surface area contributed by atoms with Crippen LogP contribution in [0, 0.1) is 17.8 Å². The standard InChI is InChI=1S/C16H18N4O4S2/c21-14-8-3-9-7-20(13(14)11(9)4-8)26(23,24)10-5-12(18-6-10)15(22)19-16-17-1-2-25-16/h1-2,5-6,8-9,11,13-14,18,21H,3-4,7H2,(H,17,19,22)/t8-,9-,11+,13+,14+/m0/s1. The van der Waals surface area contributed by atoms with Crippen LogP contribution in [0.3, 0.4) is 0 Å². The Hall–Kier alpha value is -1.75. The number of carbonyl (C=O) groups is 1. The molecule has 138 valence electrons. The first-order valence-electron chi connectivity index (χ1n) is 8.54. The van der Waals surface area contributed by atoms with Crippen LogP contribution in [0.4, 0.5) is 5.13 Å². The second-order valence-corrected chi connectivity index (χ2v) is 10.0. The lowest BCUT2D eigenvalue weighted by molar-refractivity contribution is 0.0731. The highest BCUT2D eigenvalue weighted by molar-refractivity contribution is 7.89. The van der Waals surface area contributed by atoms with Crippen molar-refractivity contribution >= 4 is 32.4 Å². The molecule has 0 unspecified atom stereocenters. The van der Waals surface area contributed by atoms with E-state index in [0.29, 0.717) is 17.6 Å². The van der Waals surface area contributed by atoms with E-state index in [1.807, 2.05) is 0 Å². The van der Waals surface area contributed by atoms with Crippen LogP contribution in [0.1, 0.15) is 23.3 Å². The fourth-order valence-electron chi connectivity index (χ4n) is 4.88. The van der Waals surface area contributed by atoms with Gasteiger partial charge in [0, 0.05) is 24.3 Å². The molecule has 1 aliphatic heterocycles. The molecule has 2 aromatic heterocycles. The maximum Gasteiger partial charge on any atom is 0.273 e. The summed E-state index contributed by atoms with van der Waals surface area (Å²) >= 11 is 1.28. The summed E-state index contributed by atoms with van der Waals surface area (Å²) < 4.78 is 27.6. The van der Waals surface area contributed by atoms with Crippen LogP contribution in [0.2, 0.25) is 0 Å². The Kier molecular flexibility index (Phi) is 3.55. The Balaban J connectivity index is 1.40. The zero-order chi connectivity index (χ0) is 18.1. The number of fused-ring (bicyclic) bond motifs is 1. The quantitative estimate of drug-likeness (QED) is 0.719. The van der Waals surface area contributed by atoms with E-state index in [2.05, 4.69) is 15.3 Å². The molecule has 3 heterocycles. The average Bonchev–Trinajstić information content (AvgIpc) is 3.36. The molecular formula is C16H18N4O4S2. The molecule has 2 aromatic rings. The van der Waals surface area contributed by atoms with E-state index in [4.69, 9.17) is 0 Å². The first-order chi connectivity index (χ1) is 12.4. The number of thiazole rings is 1. The second-order valence-electron chi connectivity index (χ2n) is 7.25. The Morgan fingerprint density at radius 1 is 1.38 bits per heavy atom. The number of nitrogens with zero attached hydrogens (tertiary/aromatic N) is 2. The minimum Gasteiger partial charge on any atom is -0.391 e. The number of hydrogen-bond donors (Lipinski definition) is 3. The Labute approximate surface area is 154 Å². The van der Waals surface area contributed by atoms with E-state index in [0.717, 1.165) is 12.8 Å². The van der Waals surface area contributed by atoms with Crippen molar-refractivity contribution in [2.75, 3.05) is 11.9 Å². The molecule has 0 radical (unpaired) electrons.